The Kier molecular flexibility index (Phi) is 6.65. The Balaban J connectivity index is 1.98. The van der Waals surface area contributed by atoms with Crippen LogP contribution in [0.3, 0.4) is 0 Å². The molecule has 0 saturated heterocycles. The largest absolute Gasteiger partial charge is 0.469 e. The number of Topliss-reactive ketones (excluding diaryl/α,β-unsaturated/α-hetero) is 1. The van der Waals surface area contributed by atoms with Crippen molar-refractivity contribution < 1.29 is 34.4 Å². The first-order chi connectivity index (χ1) is 14.5. The first-order valence-corrected chi connectivity index (χ1v) is 11.1. The molecule has 0 radical (unpaired) electrons. The minimum atomic E-state index is -1.39. The SMILES string of the molecule is COC(=O)[C@]1(C)[C@@H]2[C@@H](O)C(=O)[C@H]3[C@@H](C)/C(=C/C(=O)NCCO)CC[C@@H]3[C@@]2(C)CC[C@@H]1O. The van der Waals surface area contributed by atoms with Gasteiger partial charge in [0, 0.05) is 24.5 Å². The standard InChI is InChI=1S/C23H35NO7/c1-12-13(11-16(27)24-9-10-25)5-6-14-17(12)18(28)19(29)20-22(14,2)8-7-15(26)23(20,3)21(30)31-4/h11-12,14-15,17,19-20,25-26,29H,5-10H2,1-4H3,(H,24,27)/b13-11+/t12-,14-,15-,17-,19-,20+,22+,23-/m0/s1. The molecule has 0 aliphatic heterocycles. The fourth-order valence-electron chi connectivity index (χ4n) is 6.84. The summed E-state index contributed by atoms with van der Waals surface area (Å²) in [6.07, 6.45) is 1.40. The number of allylic oxidation sites excluding steroid dienone is 1. The summed E-state index contributed by atoms with van der Waals surface area (Å²) in [7, 11) is 1.26. The van der Waals surface area contributed by atoms with Crippen LogP contribution in [0, 0.1) is 34.5 Å². The normalized spacial score (nSPS) is 43.7. The van der Waals surface area contributed by atoms with E-state index in [0.717, 1.165) is 5.57 Å². The van der Waals surface area contributed by atoms with Gasteiger partial charge in [0.25, 0.3) is 0 Å². The van der Waals surface area contributed by atoms with Crippen LogP contribution in [-0.4, -0.2) is 65.4 Å². The minimum absolute atomic E-state index is 0.0717. The van der Waals surface area contributed by atoms with Crippen LogP contribution in [0.4, 0.5) is 0 Å². The van der Waals surface area contributed by atoms with Crippen molar-refractivity contribution in [2.45, 2.75) is 58.7 Å². The third-order valence-electron chi connectivity index (χ3n) is 8.44. The van der Waals surface area contributed by atoms with Crippen molar-refractivity contribution in [3.8, 4) is 0 Å². The van der Waals surface area contributed by atoms with Gasteiger partial charge in [-0.15, -0.1) is 0 Å². The molecule has 8 atom stereocenters. The highest BCUT2D eigenvalue weighted by molar-refractivity contribution is 5.91. The summed E-state index contributed by atoms with van der Waals surface area (Å²) in [5.74, 6) is -2.74. The van der Waals surface area contributed by atoms with Crippen molar-refractivity contribution in [1.29, 1.82) is 0 Å². The van der Waals surface area contributed by atoms with Gasteiger partial charge in [-0.1, -0.05) is 19.4 Å². The molecule has 4 N–H and O–H groups in total. The maximum Gasteiger partial charge on any atom is 0.314 e. The highest BCUT2D eigenvalue weighted by Gasteiger charge is 2.68. The van der Waals surface area contributed by atoms with Crippen molar-refractivity contribution in [3.63, 3.8) is 0 Å². The number of ether oxygens (including phenoxy) is 1. The molecule has 0 heterocycles. The molecule has 31 heavy (non-hydrogen) atoms. The number of hydrogen-bond donors (Lipinski definition) is 4. The predicted molar refractivity (Wildman–Crippen MR) is 112 cm³/mol. The zero-order valence-corrected chi connectivity index (χ0v) is 18.8. The molecule has 3 aliphatic rings. The molecule has 174 valence electrons. The number of carbonyl (C=O) groups is 3. The monoisotopic (exact) mass is 437 g/mol. The maximum absolute atomic E-state index is 13.4. The summed E-state index contributed by atoms with van der Waals surface area (Å²) in [6, 6.07) is 0. The number of ketones is 1. The van der Waals surface area contributed by atoms with Crippen LogP contribution in [0.25, 0.3) is 0 Å². The number of carbonyl (C=O) groups excluding carboxylic acids is 3. The van der Waals surface area contributed by atoms with Gasteiger partial charge in [0.1, 0.15) is 6.10 Å². The minimum Gasteiger partial charge on any atom is -0.469 e. The van der Waals surface area contributed by atoms with Gasteiger partial charge in [-0.2, -0.15) is 0 Å². The lowest BCUT2D eigenvalue weighted by molar-refractivity contribution is -0.217. The van der Waals surface area contributed by atoms with Crippen LogP contribution in [0.2, 0.25) is 0 Å². The van der Waals surface area contributed by atoms with Crippen molar-refractivity contribution in [1.82, 2.24) is 5.32 Å². The molecule has 0 aromatic carbocycles. The van der Waals surface area contributed by atoms with Crippen LogP contribution >= 0.6 is 0 Å². The number of aliphatic hydroxyl groups is 3. The number of fused-ring (bicyclic) bond motifs is 3. The smallest absolute Gasteiger partial charge is 0.314 e. The molecule has 1 amide bonds. The van der Waals surface area contributed by atoms with Crippen molar-refractivity contribution >= 4 is 17.7 Å². The molecular formula is C23H35NO7. The molecule has 0 bridgehead atoms. The van der Waals surface area contributed by atoms with Gasteiger partial charge in [0.15, 0.2) is 5.78 Å². The number of aliphatic hydroxyl groups excluding tert-OH is 3. The molecule has 3 aliphatic carbocycles. The molecular weight excluding hydrogens is 402 g/mol. The lowest BCUT2D eigenvalue weighted by atomic mass is 9.41. The molecule has 0 spiro atoms. The molecule has 0 unspecified atom stereocenters. The number of esters is 1. The number of rotatable bonds is 4. The van der Waals surface area contributed by atoms with Gasteiger partial charge in [-0.05, 0) is 49.9 Å². The number of amides is 1. The van der Waals surface area contributed by atoms with Crippen LogP contribution in [0.1, 0.15) is 46.5 Å². The van der Waals surface area contributed by atoms with E-state index in [0.29, 0.717) is 25.7 Å². The van der Waals surface area contributed by atoms with Crippen molar-refractivity contribution in [3.05, 3.63) is 11.6 Å². The first-order valence-electron chi connectivity index (χ1n) is 11.1. The maximum atomic E-state index is 13.4. The Hall–Kier alpha value is -1.77. The second-order valence-corrected chi connectivity index (χ2v) is 9.85. The Labute approximate surface area is 183 Å². The summed E-state index contributed by atoms with van der Waals surface area (Å²) in [5, 5.41) is 33.4. The molecule has 8 heteroatoms. The Bertz CT molecular complexity index is 780. The second kappa shape index (κ2) is 8.64. The second-order valence-electron chi connectivity index (χ2n) is 9.85. The van der Waals surface area contributed by atoms with E-state index in [-0.39, 0.29) is 36.7 Å². The van der Waals surface area contributed by atoms with Gasteiger partial charge in [0.2, 0.25) is 5.91 Å². The van der Waals surface area contributed by atoms with Gasteiger partial charge >= 0.3 is 5.97 Å². The Morgan fingerprint density at radius 2 is 1.94 bits per heavy atom. The van der Waals surface area contributed by atoms with E-state index in [1.165, 1.54) is 13.2 Å². The van der Waals surface area contributed by atoms with Gasteiger partial charge < -0.3 is 25.4 Å². The van der Waals surface area contributed by atoms with E-state index >= 15 is 0 Å². The summed E-state index contributed by atoms with van der Waals surface area (Å²) >= 11 is 0. The fourth-order valence-corrected chi connectivity index (χ4v) is 6.84. The first kappa shape index (κ1) is 23.9. The van der Waals surface area contributed by atoms with Crippen molar-refractivity contribution in [2.24, 2.45) is 34.5 Å². The summed E-state index contributed by atoms with van der Waals surface area (Å²) in [4.78, 5) is 38.3. The van der Waals surface area contributed by atoms with Crippen LogP contribution in [-0.2, 0) is 19.1 Å². The van der Waals surface area contributed by atoms with E-state index < -0.39 is 40.8 Å². The number of methoxy groups -OCH3 is 1. The Morgan fingerprint density at radius 1 is 1.26 bits per heavy atom. The lowest BCUT2D eigenvalue weighted by Gasteiger charge is -2.62. The van der Waals surface area contributed by atoms with E-state index in [1.54, 1.807) is 6.92 Å². The zero-order chi connectivity index (χ0) is 23.1. The fraction of sp³-hybridized carbons (Fsp3) is 0.783. The zero-order valence-electron chi connectivity index (χ0n) is 18.8. The lowest BCUT2D eigenvalue weighted by Crippen LogP contribution is -2.68. The molecule has 8 nitrogen and oxygen atoms in total. The van der Waals surface area contributed by atoms with Crippen LogP contribution in [0.15, 0.2) is 11.6 Å². The third kappa shape index (κ3) is 3.62. The van der Waals surface area contributed by atoms with Gasteiger partial charge in [0.05, 0.1) is 25.2 Å². The van der Waals surface area contributed by atoms with E-state index in [2.05, 4.69) is 5.32 Å². The Morgan fingerprint density at radius 3 is 2.55 bits per heavy atom. The average Bonchev–Trinajstić information content (AvgIpc) is 2.74. The van der Waals surface area contributed by atoms with Crippen LogP contribution in [0.5, 0.6) is 0 Å². The van der Waals surface area contributed by atoms with E-state index in [1.807, 2.05) is 13.8 Å². The molecule has 0 aromatic rings. The van der Waals surface area contributed by atoms with Crippen molar-refractivity contribution in [2.75, 3.05) is 20.3 Å². The topological polar surface area (TPSA) is 133 Å². The average molecular weight is 438 g/mol. The van der Waals surface area contributed by atoms with E-state index in [4.69, 9.17) is 9.84 Å². The molecule has 3 saturated carbocycles. The highest BCUT2D eigenvalue weighted by Crippen LogP contribution is 2.64. The third-order valence-corrected chi connectivity index (χ3v) is 8.44. The summed E-state index contributed by atoms with van der Waals surface area (Å²) in [6.45, 7) is 5.55. The number of nitrogens with one attached hydrogen (secondary N) is 1. The highest BCUT2D eigenvalue weighted by atomic mass is 16.5. The van der Waals surface area contributed by atoms with Gasteiger partial charge in [-0.3, -0.25) is 14.4 Å². The van der Waals surface area contributed by atoms with E-state index in [9.17, 15) is 24.6 Å². The molecule has 3 fully saturated rings. The quantitative estimate of drug-likeness (QED) is 0.374. The predicted octanol–water partition coefficient (Wildman–Crippen LogP) is 0.584. The number of hydrogen-bond acceptors (Lipinski definition) is 7. The summed E-state index contributed by atoms with van der Waals surface area (Å²) < 4.78 is 5.00. The summed E-state index contributed by atoms with van der Waals surface area (Å²) in [5.41, 5.74) is -1.05. The van der Waals surface area contributed by atoms with Crippen LogP contribution < -0.4 is 5.32 Å². The van der Waals surface area contributed by atoms with Gasteiger partial charge in [-0.25, -0.2) is 0 Å². The molecule has 3 rings (SSSR count). The molecule has 0 aromatic heterocycles.